The lowest BCUT2D eigenvalue weighted by atomic mass is 10.1. The van der Waals surface area contributed by atoms with E-state index in [2.05, 4.69) is 15.2 Å². The van der Waals surface area contributed by atoms with Gasteiger partial charge in [0.1, 0.15) is 10.1 Å². The Labute approximate surface area is 132 Å². The number of diazo groups is 1. The molecule has 0 atom stereocenters. The van der Waals surface area contributed by atoms with Crippen LogP contribution in [0.25, 0.3) is 4.98 Å². The van der Waals surface area contributed by atoms with Crippen LogP contribution in [-0.2, 0) is 10.1 Å². The largest absolute Gasteiger partial charge is 0.744 e. The highest BCUT2D eigenvalue weighted by atomic mass is 32.2. The molecule has 118 valence electrons. The third-order valence-corrected chi connectivity index (χ3v) is 3.82. The SMILES string of the molecule is COc1cc(N=Nc2cccc(S(=O)(=O)[O-])c2)c(C)cc1[N+]#N. The topological polar surface area (TPSA) is 119 Å². The van der Waals surface area contributed by atoms with E-state index in [0.717, 1.165) is 6.07 Å². The molecule has 0 aliphatic rings. The maximum Gasteiger partial charge on any atom is 0.426 e. The fourth-order valence-corrected chi connectivity index (χ4v) is 2.33. The summed E-state index contributed by atoms with van der Waals surface area (Å²) in [6.45, 7) is 1.74. The maximum atomic E-state index is 11.0. The van der Waals surface area contributed by atoms with Crippen molar-refractivity contribution in [3.63, 3.8) is 0 Å². The zero-order chi connectivity index (χ0) is 17.0. The van der Waals surface area contributed by atoms with E-state index in [4.69, 9.17) is 10.1 Å². The molecule has 0 aromatic heterocycles. The standard InChI is InChI=1S/C14H12N4O4S/c1-9-6-13(16-15)14(22-2)8-12(9)18-17-10-4-3-5-11(7-10)23(19,20)21/h3-8H,1-2H3. The van der Waals surface area contributed by atoms with Gasteiger partial charge in [0.15, 0.2) is 4.98 Å². The lowest BCUT2D eigenvalue weighted by Crippen LogP contribution is -1.97. The van der Waals surface area contributed by atoms with Gasteiger partial charge in [-0.1, -0.05) is 6.07 Å². The van der Waals surface area contributed by atoms with Gasteiger partial charge in [-0.15, -0.1) is 0 Å². The van der Waals surface area contributed by atoms with Gasteiger partial charge in [0.25, 0.3) is 0 Å². The molecular weight excluding hydrogens is 320 g/mol. The van der Waals surface area contributed by atoms with E-state index >= 15 is 0 Å². The number of methoxy groups -OCH3 is 1. The van der Waals surface area contributed by atoms with E-state index in [1.54, 1.807) is 13.0 Å². The van der Waals surface area contributed by atoms with Gasteiger partial charge in [0, 0.05) is 12.1 Å². The molecule has 0 saturated carbocycles. The van der Waals surface area contributed by atoms with Gasteiger partial charge in [-0.3, -0.25) is 0 Å². The number of hydrogen-bond acceptors (Lipinski definition) is 7. The number of nitrogens with zero attached hydrogens (tertiary/aromatic N) is 4. The van der Waals surface area contributed by atoms with Crippen LogP contribution >= 0.6 is 0 Å². The van der Waals surface area contributed by atoms with Crippen LogP contribution in [0, 0.1) is 12.3 Å². The van der Waals surface area contributed by atoms with Crippen LogP contribution in [0.2, 0.25) is 0 Å². The van der Waals surface area contributed by atoms with Crippen molar-refractivity contribution in [2.45, 2.75) is 11.8 Å². The number of ether oxygens (including phenoxy) is 1. The molecule has 0 heterocycles. The zero-order valence-electron chi connectivity index (χ0n) is 12.3. The minimum atomic E-state index is -4.55. The fourth-order valence-electron chi connectivity index (χ4n) is 1.82. The lowest BCUT2D eigenvalue weighted by Gasteiger charge is -2.06. The Morgan fingerprint density at radius 3 is 2.57 bits per heavy atom. The second kappa shape index (κ2) is 6.51. The molecule has 2 aromatic carbocycles. The summed E-state index contributed by atoms with van der Waals surface area (Å²) < 4.78 is 38.0. The molecule has 2 rings (SSSR count). The number of hydrogen-bond donors (Lipinski definition) is 0. The molecule has 8 nitrogen and oxygen atoms in total. The summed E-state index contributed by atoms with van der Waals surface area (Å²) in [6, 6.07) is 8.33. The molecule has 0 saturated heterocycles. The minimum absolute atomic E-state index is 0.219. The van der Waals surface area contributed by atoms with Crippen molar-refractivity contribution in [1.82, 2.24) is 0 Å². The molecule has 0 unspecified atom stereocenters. The van der Waals surface area contributed by atoms with E-state index in [9.17, 15) is 13.0 Å². The van der Waals surface area contributed by atoms with E-state index < -0.39 is 10.1 Å². The normalized spacial score (nSPS) is 11.4. The van der Waals surface area contributed by atoms with Crippen LogP contribution in [0.5, 0.6) is 5.75 Å². The molecule has 23 heavy (non-hydrogen) atoms. The summed E-state index contributed by atoms with van der Waals surface area (Å²) in [5.41, 5.74) is 1.60. The first-order chi connectivity index (χ1) is 10.8. The predicted octanol–water partition coefficient (Wildman–Crippen LogP) is 3.81. The summed E-state index contributed by atoms with van der Waals surface area (Å²) in [5, 5.41) is 16.8. The van der Waals surface area contributed by atoms with Crippen molar-refractivity contribution >= 4 is 27.2 Å². The van der Waals surface area contributed by atoms with Gasteiger partial charge in [-0.2, -0.15) is 10.2 Å². The van der Waals surface area contributed by atoms with E-state index in [0.29, 0.717) is 17.0 Å². The van der Waals surface area contributed by atoms with Crippen molar-refractivity contribution < 1.29 is 17.7 Å². The summed E-state index contributed by atoms with van der Waals surface area (Å²) in [6.07, 6.45) is 0. The molecule has 0 fully saturated rings. The summed E-state index contributed by atoms with van der Waals surface area (Å²) in [7, 11) is -3.13. The second-order valence-corrected chi connectivity index (χ2v) is 5.94. The quantitative estimate of drug-likeness (QED) is 0.479. The van der Waals surface area contributed by atoms with Gasteiger partial charge in [0.2, 0.25) is 11.1 Å². The Balaban J connectivity index is 2.40. The molecular formula is C14H12N4O4S. The molecule has 0 amide bonds. The monoisotopic (exact) mass is 332 g/mol. The number of azo groups is 1. The highest BCUT2D eigenvalue weighted by Crippen LogP contribution is 2.35. The van der Waals surface area contributed by atoms with Crippen LogP contribution in [-0.4, -0.2) is 20.1 Å². The van der Waals surface area contributed by atoms with Crippen LogP contribution in [0.3, 0.4) is 0 Å². The Bertz CT molecular complexity index is 917. The first kappa shape index (κ1) is 16.5. The van der Waals surface area contributed by atoms with Gasteiger partial charge in [-0.05, 0) is 30.7 Å². The maximum absolute atomic E-state index is 11.0. The average Bonchev–Trinajstić information content (AvgIpc) is 2.52. The number of aryl methyl sites for hydroxylation is 1. The Hall–Kier alpha value is -2.83. The number of rotatable bonds is 4. The Morgan fingerprint density at radius 1 is 1.22 bits per heavy atom. The van der Waals surface area contributed by atoms with E-state index in [1.807, 2.05) is 0 Å². The van der Waals surface area contributed by atoms with Gasteiger partial charge in [0.05, 0.1) is 23.4 Å². The highest BCUT2D eigenvalue weighted by Gasteiger charge is 2.17. The average molecular weight is 332 g/mol. The molecule has 0 N–H and O–H groups in total. The predicted molar refractivity (Wildman–Crippen MR) is 81.1 cm³/mol. The molecule has 0 aliphatic carbocycles. The smallest absolute Gasteiger partial charge is 0.426 e. The minimum Gasteiger partial charge on any atom is -0.744 e. The molecule has 0 aliphatic heterocycles. The first-order valence-corrected chi connectivity index (χ1v) is 7.77. The lowest BCUT2D eigenvalue weighted by molar-refractivity contribution is 0.417. The van der Waals surface area contributed by atoms with Crippen molar-refractivity contribution in [3.05, 3.63) is 46.9 Å². The van der Waals surface area contributed by atoms with Crippen LogP contribution in [0.15, 0.2) is 51.5 Å². The van der Waals surface area contributed by atoms with Crippen LogP contribution in [0.1, 0.15) is 5.56 Å². The summed E-state index contributed by atoms with van der Waals surface area (Å²) in [4.78, 5) is 2.72. The summed E-state index contributed by atoms with van der Waals surface area (Å²) in [5.74, 6) is 0.308. The van der Waals surface area contributed by atoms with Crippen molar-refractivity contribution in [1.29, 1.82) is 5.39 Å². The third kappa shape index (κ3) is 3.88. The van der Waals surface area contributed by atoms with Crippen molar-refractivity contribution in [2.75, 3.05) is 7.11 Å². The van der Waals surface area contributed by atoms with Crippen molar-refractivity contribution in [3.8, 4) is 5.75 Å². The zero-order valence-corrected chi connectivity index (χ0v) is 13.1. The van der Waals surface area contributed by atoms with Crippen LogP contribution < -0.4 is 4.74 Å². The Kier molecular flexibility index (Phi) is 4.68. The number of benzene rings is 2. The fraction of sp³-hybridized carbons (Fsp3) is 0.143. The molecule has 9 heteroatoms. The van der Waals surface area contributed by atoms with E-state index in [-0.39, 0.29) is 16.3 Å². The van der Waals surface area contributed by atoms with Crippen LogP contribution in [0.4, 0.5) is 17.1 Å². The second-order valence-electron chi connectivity index (χ2n) is 4.56. The molecule has 0 radical (unpaired) electrons. The Morgan fingerprint density at radius 2 is 1.96 bits per heavy atom. The molecule has 0 spiro atoms. The molecule has 2 aromatic rings. The van der Waals surface area contributed by atoms with Crippen molar-refractivity contribution in [2.24, 2.45) is 10.2 Å². The highest BCUT2D eigenvalue weighted by molar-refractivity contribution is 7.85. The van der Waals surface area contributed by atoms with Gasteiger partial charge < -0.3 is 9.29 Å². The summed E-state index contributed by atoms with van der Waals surface area (Å²) >= 11 is 0. The van der Waals surface area contributed by atoms with Gasteiger partial charge >= 0.3 is 5.69 Å². The van der Waals surface area contributed by atoms with Gasteiger partial charge in [-0.25, -0.2) is 8.42 Å². The van der Waals surface area contributed by atoms with E-state index in [1.165, 1.54) is 31.4 Å². The first-order valence-electron chi connectivity index (χ1n) is 6.36. The third-order valence-electron chi connectivity index (χ3n) is 2.98. The molecule has 0 bridgehead atoms.